The molecule has 8 nitrogen and oxygen atoms in total. The maximum Gasteiger partial charge on any atom is 0.237 e. The number of rotatable bonds is 3. The van der Waals surface area contributed by atoms with Crippen molar-refractivity contribution >= 4 is 37.8 Å². The molecule has 1 saturated heterocycles. The molecule has 4 heterocycles. The molecular weight excluding hydrogens is 402 g/mol. The van der Waals surface area contributed by atoms with Gasteiger partial charge < -0.3 is 9.64 Å². The molecule has 1 atom stereocenters. The van der Waals surface area contributed by atoms with Gasteiger partial charge in [0.05, 0.1) is 36.4 Å². The summed E-state index contributed by atoms with van der Waals surface area (Å²) >= 11 is 0. The van der Waals surface area contributed by atoms with Gasteiger partial charge in [-0.2, -0.15) is 0 Å². The normalized spacial score (nSPS) is 17.7. The van der Waals surface area contributed by atoms with E-state index in [2.05, 4.69) is 21.8 Å². The van der Waals surface area contributed by atoms with E-state index in [1.54, 1.807) is 12.3 Å². The molecule has 0 spiro atoms. The van der Waals surface area contributed by atoms with Crippen molar-refractivity contribution < 1.29 is 13.2 Å². The molecule has 0 radical (unpaired) electrons. The van der Waals surface area contributed by atoms with E-state index in [1.165, 1.54) is 16.4 Å². The first-order valence-electron chi connectivity index (χ1n) is 9.71. The van der Waals surface area contributed by atoms with E-state index in [0.29, 0.717) is 42.4 Å². The Kier molecular flexibility index (Phi) is 4.44. The molecular formula is C21H21N5O3S. The van der Waals surface area contributed by atoms with E-state index in [9.17, 15) is 8.42 Å². The lowest BCUT2D eigenvalue weighted by molar-refractivity contribution is 0.0987. The predicted octanol–water partition coefficient (Wildman–Crippen LogP) is 2.68. The van der Waals surface area contributed by atoms with Crippen molar-refractivity contribution in [2.45, 2.75) is 13.0 Å². The van der Waals surface area contributed by atoms with Gasteiger partial charge in [0.2, 0.25) is 10.0 Å². The van der Waals surface area contributed by atoms with Crippen molar-refractivity contribution in [2.24, 2.45) is 0 Å². The minimum absolute atomic E-state index is 0.112. The summed E-state index contributed by atoms with van der Waals surface area (Å²) in [5, 5.41) is 1.67. The number of ether oxygens (including phenoxy) is 1. The van der Waals surface area contributed by atoms with Gasteiger partial charge in [-0.1, -0.05) is 18.2 Å². The summed E-state index contributed by atoms with van der Waals surface area (Å²) in [5.74, 6) is 1.15. The van der Waals surface area contributed by atoms with E-state index in [1.807, 2.05) is 30.3 Å². The van der Waals surface area contributed by atoms with Crippen molar-refractivity contribution in [1.82, 2.24) is 18.9 Å². The number of benzene rings is 1. The monoisotopic (exact) mass is 423 g/mol. The molecule has 3 aromatic heterocycles. The molecule has 1 aliphatic heterocycles. The van der Waals surface area contributed by atoms with Crippen LogP contribution < -0.4 is 4.90 Å². The Hall–Kier alpha value is -3.04. The van der Waals surface area contributed by atoms with E-state index in [4.69, 9.17) is 9.72 Å². The molecule has 0 unspecified atom stereocenters. The fourth-order valence-electron chi connectivity index (χ4n) is 3.83. The van der Waals surface area contributed by atoms with Crippen LogP contribution in [0.5, 0.6) is 0 Å². The van der Waals surface area contributed by atoms with Gasteiger partial charge in [-0.05, 0) is 25.1 Å². The maximum atomic E-state index is 12.3. The zero-order valence-electron chi connectivity index (χ0n) is 16.7. The topological polar surface area (TPSA) is 90.2 Å². The van der Waals surface area contributed by atoms with Gasteiger partial charge in [0.25, 0.3) is 0 Å². The van der Waals surface area contributed by atoms with E-state index >= 15 is 0 Å². The zero-order valence-corrected chi connectivity index (χ0v) is 17.5. The number of fused-ring (bicyclic) bond motifs is 2. The SMILES string of the molecule is C[C@@H]1COCCN1c1nc(-c2cnc3ccccc3c2)nc2c1ccn2S(C)(=O)=O. The highest BCUT2D eigenvalue weighted by molar-refractivity contribution is 7.89. The van der Waals surface area contributed by atoms with Crippen LogP contribution in [-0.4, -0.2) is 59.4 Å². The second kappa shape index (κ2) is 7.03. The first-order chi connectivity index (χ1) is 14.4. The number of pyridine rings is 1. The number of para-hydroxylation sites is 1. The summed E-state index contributed by atoms with van der Waals surface area (Å²) in [7, 11) is -3.51. The third-order valence-corrected chi connectivity index (χ3v) is 6.35. The first kappa shape index (κ1) is 19.0. The summed E-state index contributed by atoms with van der Waals surface area (Å²) in [4.78, 5) is 16.2. The molecule has 9 heteroatoms. The minimum atomic E-state index is -3.51. The molecule has 30 heavy (non-hydrogen) atoms. The summed E-state index contributed by atoms with van der Waals surface area (Å²) in [6.45, 7) is 3.92. The minimum Gasteiger partial charge on any atom is -0.377 e. The number of nitrogens with zero attached hydrogens (tertiary/aromatic N) is 5. The average Bonchev–Trinajstić information content (AvgIpc) is 3.18. The van der Waals surface area contributed by atoms with Crippen LogP contribution in [0.25, 0.3) is 33.3 Å². The van der Waals surface area contributed by atoms with Crippen LogP contribution >= 0.6 is 0 Å². The molecule has 0 N–H and O–H groups in total. The fraction of sp³-hybridized carbons (Fsp3) is 0.286. The number of anilines is 1. The Morgan fingerprint density at radius 3 is 2.80 bits per heavy atom. The fourth-order valence-corrected chi connectivity index (χ4v) is 4.56. The molecule has 1 aliphatic rings. The van der Waals surface area contributed by atoms with Gasteiger partial charge >= 0.3 is 0 Å². The molecule has 154 valence electrons. The van der Waals surface area contributed by atoms with Gasteiger partial charge in [0, 0.05) is 29.9 Å². The van der Waals surface area contributed by atoms with Crippen molar-refractivity contribution in [2.75, 3.05) is 30.9 Å². The Bertz CT molecular complexity index is 1370. The molecule has 5 rings (SSSR count). The lowest BCUT2D eigenvalue weighted by Crippen LogP contribution is -2.44. The van der Waals surface area contributed by atoms with Gasteiger partial charge in [0.15, 0.2) is 11.5 Å². The first-order valence-corrected chi connectivity index (χ1v) is 11.6. The van der Waals surface area contributed by atoms with Crippen LogP contribution in [-0.2, 0) is 14.8 Å². The van der Waals surface area contributed by atoms with Crippen LogP contribution in [0.1, 0.15) is 6.92 Å². The third-order valence-electron chi connectivity index (χ3n) is 5.34. The van der Waals surface area contributed by atoms with Crippen molar-refractivity contribution in [1.29, 1.82) is 0 Å². The van der Waals surface area contributed by atoms with E-state index in [-0.39, 0.29) is 6.04 Å². The number of aromatic nitrogens is 4. The molecule has 0 saturated carbocycles. The van der Waals surface area contributed by atoms with Gasteiger partial charge in [-0.25, -0.2) is 22.4 Å². The highest BCUT2D eigenvalue weighted by Crippen LogP contribution is 2.31. The van der Waals surface area contributed by atoms with Crippen LogP contribution in [0, 0.1) is 0 Å². The van der Waals surface area contributed by atoms with Crippen molar-refractivity contribution in [3.63, 3.8) is 0 Å². The highest BCUT2D eigenvalue weighted by Gasteiger charge is 2.25. The molecule has 4 aromatic rings. The van der Waals surface area contributed by atoms with Crippen LogP contribution in [0.15, 0.2) is 48.8 Å². The summed E-state index contributed by atoms with van der Waals surface area (Å²) in [6.07, 6.45) is 4.43. The Labute approximate surface area is 174 Å². The Balaban J connectivity index is 1.77. The largest absolute Gasteiger partial charge is 0.377 e. The van der Waals surface area contributed by atoms with E-state index < -0.39 is 10.0 Å². The second-order valence-corrected chi connectivity index (χ2v) is 9.38. The molecule has 0 amide bonds. The second-order valence-electron chi connectivity index (χ2n) is 7.52. The summed E-state index contributed by atoms with van der Waals surface area (Å²) in [5.41, 5.74) is 1.98. The molecule has 0 aliphatic carbocycles. The van der Waals surface area contributed by atoms with Crippen LogP contribution in [0.2, 0.25) is 0 Å². The zero-order chi connectivity index (χ0) is 20.9. The third kappa shape index (κ3) is 3.20. The smallest absolute Gasteiger partial charge is 0.237 e. The average molecular weight is 423 g/mol. The summed E-state index contributed by atoms with van der Waals surface area (Å²) in [6, 6.07) is 11.7. The lowest BCUT2D eigenvalue weighted by atomic mass is 10.1. The number of hydrogen-bond donors (Lipinski definition) is 0. The standard InChI is InChI=1S/C21H21N5O3S/c1-14-13-29-10-9-25(14)20-17-7-8-26(30(2,27)28)21(17)24-19(23-20)16-11-15-5-3-4-6-18(15)22-12-16/h3-8,11-12,14H,9-10,13H2,1-2H3/t14-/m1/s1. The predicted molar refractivity (Wildman–Crippen MR) is 116 cm³/mol. The molecule has 1 fully saturated rings. The van der Waals surface area contributed by atoms with Crippen molar-refractivity contribution in [3.8, 4) is 11.4 Å². The van der Waals surface area contributed by atoms with Crippen LogP contribution in [0.4, 0.5) is 5.82 Å². The number of morpholine rings is 1. The van der Waals surface area contributed by atoms with Crippen LogP contribution in [0.3, 0.4) is 0 Å². The van der Waals surface area contributed by atoms with Gasteiger partial charge in [0.1, 0.15) is 5.82 Å². The quantitative estimate of drug-likeness (QED) is 0.500. The Morgan fingerprint density at radius 2 is 2.00 bits per heavy atom. The number of hydrogen-bond acceptors (Lipinski definition) is 7. The molecule has 0 bridgehead atoms. The van der Waals surface area contributed by atoms with Gasteiger partial charge in [-0.3, -0.25) is 4.98 Å². The van der Waals surface area contributed by atoms with Gasteiger partial charge in [-0.15, -0.1) is 0 Å². The van der Waals surface area contributed by atoms with Crippen molar-refractivity contribution in [3.05, 3.63) is 48.8 Å². The maximum absolute atomic E-state index is 12.3. The Morgan fingerprint density at radius 1 is 1.17 bits per heavy atom. The lowest BCUT2D eigenvalue weighted by Gasteiger charge is -2.34. The molecule has 1 aromatic carbocycles. The highest BCUT2D eigenvalue weighted by atomic mass is 32.2. The van der Waals surface area contributed by atoms with E-state index in [0.717, 1.165) is 16.5 Å². The summed E-state index contributed by atoms with van der Waals surface area (Å²) < 4.78 is 31.5.